The number of anilines is 2. The molecule has 1 aromatic carbocycles. The van der Waals surface area contributed by atoms with Gasteiger partial charge in [-0.25, -0.2) is 0 Å². The number of carboxylic acids is 2. The zero-order chi connectivity index (χ0) is 12.3. The van der Waals surface area contributed by atoms with Gasteiger partial charge in [0, 0.05) is 0 Å². The van der Waals surface area contributed by atoms with Gasteiger partial charge >= 0.3 is 11.9 Å². The third kappa shape index (κ3) is 2.63. The van der Waals surface area contributed by atoms with E-state index >= 15 is 0 Å². The summed E-state index contributed by atoms with van der Waals surface area (Å²) in [4.78, 5) is 21.2. The lowest BCUT2D eigenvalue weighted by Crippen LogP contribution is -2.11. The van der Waals surface area contributed by atoms with Crippen molar-refractivity contribution in [1.82, 2.24) is 0 Å². The smallest absolute Gasteiger partial charge is 0.307 e. The number of benzene rings is 1. The average molecular weight is 224 g/mol. The first-order chi connectivity index (χ1) is 7.41. The van der Waals surface area contributed by atoms with Crippen molar-refractivity contribution >= 4 is 23.3 Å². The monoisotopic (exact) mass is 224 g/mol. The molecule has 0 heterocycles. The van der Waals surface area contributed by atoms with Gasteiger partial charge in [0.25, 0.3) is 0 Å². The van der Waals surface area contributed by atoms with Crippen LogP contribution in [0.5, 0.6) is 0 Å². The number of carbonyl (C=O) groups is 2. The lowest BCUT2D eigenvalue weighted by atomic mass is 9.99. The summed E-state index contributed by atoms with van der Waals surface area (Å²) in [5.41, 5.74) is 12.2. The number of aliphatic carboxylic acids is 2. The second-order valence-electron chi connectivity index (χ2n) is 3.35. The van der Waals surface area contributed by atoms with Crippen molar-refractivity contribution in [3.05, 3.63) is 23.3 Å². The molecule has 0 radical (unpaired) electrons. The predicted molar refractivity (Wildman–Crippen MR) is 57.9 cm³/mol. The van der Waals surface area contributed by atoms with Crippen LogP contribution < -0.4 is 11.5 Å². The van der Waals surface area contributed by atoms with E-state index in [1.807, 2.05) is 0 Å². The van der Waals surface area contributed by atoms with Crippen molar-refractivity contribution < 1.29 is 19.8 Å². The zero-order valence-corrected chi connectivity index (χ0v) is 8.43. The standard InChI is InChI=1S/C10H12N2O4/c11-7-2-1-5(3-8(13)14)6(10(7)12)4-9(15)16/h1-2H,3-4,11-12H2,(H,13,14)(H,15,16). The van der Waals surface area contributed by atoms with Gasteiger partial charge in [0.2, 0.25) is 0 Å². The fraction of sp³-hybridized carbons (Fsp3) is 0.200. The first-order valence-corrected chi connectivity index (χ1v) is 4.51. The highest BCUT2D eigenvalue weighted by Gasteiger charge is 2.14. The number of nitrogens with two attached hydrogens (primary N) is 2. The van der Waals surface area contributed by atoms with Crippen molar-refractivity contribution in [3.63, 3.8) is 0 Å². The summed E-state index contributed by atoms with van der Waals surface area (Å²) in [6.45, 7) is 0. The second-order valence-corrected chi connectivity index (χ2v) is 3.35. The molecule has 0 bridgehead atoms. The van der Waals surface area contributed by atoms with Crippen LogP contribution in [-0.4, -0.2) is 22.2 Å². The minimum atomic E-state index is -1.08. The van der Waals surface area contributed by atoms with Crippen LogP contribution in [0.15, 0.2) is 12.1 Å². The summed E-state index contributed by atoms with van der Waals surface area (Å²) in [5, 5.41) is 17.4. The predicted octanol–water partition coefficient (Wildman–Crippen LogP) is 0.105. The van der Waals surface area contributed by atoms with E-state index in [2.05, 4.69) is 0 Å². The SMILES string of the molecule is Nc1ccc(CC(=O)O)c(CC(=O)O)c1N. The van der Waals surface area contributed by atoms with E-state index < -0.39 is 11.9 Å². The van der Waals surface area contributed by atoms with Crippen LogP contribution in [-0.2, 0) is 22.4 Å². The fourth-order valence-electron chi connectivity index (χ4n) is 1.42. The molecule has 0 amide bonds. The molecule has 0 aliphatic rings. The molecule has 0 aliphatic heterocycles. The number of rotatable bonds is 4. The molecule has 1 aromatic rings. The number of hydrogen-bond acceptors (Lipinski definition) is 4. The minimum Gasteiger partial charge on any atom is -0.481 e. The van der Waals surface area contributed by atoms with Crippen molar-refractivity contribution in [3.8, 4) is 0 Å². The molecule has 6 heteroatoms. The highest BCUT2D eigenvalue weighted by molar-refractivity contribution is 5.80. The topological polar surface area (TPSA) is 127 Å². The Hall–Kier alpha value is -2.24. The van der Waals surface area contributed by atoms with Crippen LogP contribution in [0.4, 0.5) is 11.4 Å². The normalized spacial score (nSPS) is 10.0. The maximum absolute atomic E-state index is 10.6. The van der Waals surface area contributed by atoms with Gasteiger partial charge in [-0.15, -0.1) is 0 Å². The molecule has 6 N–H and O–H groups in total. The molecule has 16 heavy (non-hydrogen) atoms. The third-order valence-electron chi connectivity index (χ3n) is 2.16. The van der Waals surface area contributed by atoms with Crippen LogP contribution >= 0.6 is 0 Å². The lowest BCUT2D eigenvalue weighted by Gasteiger charge is -2.11. The first-order valence-electron chi connectivity index (χ1n) is 4.51. The van der Waals surface area contributed by atoms with Crippen molar-refractivity contribution in [2.75, 3.05) is 11.5 Å². The third-order valence-corrected chi connectivity index (χ3v) is 2.16. The van der Waals surface area contributed by atoms with Crippen LogP contribution in [0.1, 0.15) is 11.1 Å². The Balaban J connectivity index is 3.20. The van der Waals surface area contributed by atoms with Gasteiger partial charge in [0.1, 0.15) is 0 Å². The highest BCUT2D eigenvalue weighted by atomic mass is 16.4. The van der Waals surface area contributed by atoms with Gasteiger partial charge in [-0.1, -0.05) is 6.07 Å². The lowest BCUT2D eigenvalue weighted by molar-refractivity contribution is -0.137. The molecule has 1 rings (SSSR count). The quantitative estimate of drug-likeness (QED) is 0.537. The molecule has 0 unspecified atom stereocenters. The summed E-state index contributed by atoms with van der Waals surface area (Å²) in [6, 6.07) is 2.96. The second kappa shape index (κ2) is 4.52. The average Bonchev–Trinajstić information content (AvgIpc) is 2.16. The summed E-state index contributed by atoms with van der Waals surface area (Å²) in [5.74, 6) is -2.13. The van der Waals surface area contributed by atoms with E-state index in [-0.39, 0.29) is 29.8 Å². The highest BCUT2D eigenvalue weighted by Crippen LogP contribution is 2.25. The molecule has 0 aliphatic carbocycles. The van der Waals surface area contributed by atoms with Crippen molar-refractivity contribution in [2.45, 2.75) is 12.8 Å². The number of hydrogen-bond donors (Lipinski definition) is 4. The van der Waals surface area contributed by atoms with Crippen molar-refractivity contribution in [1.29, 1.82) is 0 Å². The Bertz CT molecular complexity index is 443. The van der Waals surface area contributed by atoms with Gasteiger partial charge in [-0.3, -0.25) is 9.59 Å². The van der Waals surface area contributed by atoms with Gasteiger partial charge in [-0.2, -0.15) is 0 Å². The van der Waals surface area contributed by atoms with E-state index in [0.29, 0.717) is 5.56 Å². The summed E-state index contributed by atoms with van der Waals surface area (Å²) in [6.07, 6.45) is -0.605. The van der Waals surface area contributed by atoms with Gasteiger partial charge in [-0.05, 0) is 17.2 Å². The summed E-state index contributed by atoms with van der Waals surface area (Å²) < 4.78 is 0. The van der Waals surface area contributed by atoms with E-state index in [1.165, 1.54) is 12.1 Å². The maximum Gasteiger partial charge on any atom is 0.307 e. The molecule has 0 saturated heterocycles. The van der Waals surface area contributed by atoms with Gasteiger partial charge in [0.15, 0.2) is 0 Å². The number of nitrogen functional groups attached to an aromatic ring is 2. The van der Waals surface area contributed by atoms with E-state index in [9.17, 15) is 9.59 Å². The van der Waals surface area contributed by atoms with Crippen LogP contribution in [0, 0.1) is 0 Å². The molecule has 0 aromatic heterocycles. The Kier molecular flexibility index (Phi) is 3.34. The van der Waals surface area contributed by atoms with Gasteiger partial charge < -0.3 is 21.7 Å². The molecule has 0 atom stereocenters. The fourth-order valence-corrected chi connectivity index (χ4v) is 1.42. The molecule has 6 nitrogen and oxygen atoms in total. The Morgan fingerprint density at radius 2 is 1.62 bits per heavy atom. The van der Waals surface area contributed by atoms with Crippen LogP contribution in [0.3, 0.4) is 0 Å². The van der Waals surface area contributed by atoms with Crippen molar-refractivity contribution in [2.24, 2.45) is 0 Å². The van der Waals surface area contributed by atoms with E-state index in [0.717, 1.165) is 0 Å². The minimum absolute atomic E-state index is 0.140. The Morgan fingerprint density at radius 3 is 2.12 bits per heavy atom. The Labute approximate surface area is 91.5 Å². The molecule has 0 spiro atoms. The van der Waals surface area contributed by atoms with Gasteiger partial charge in [0.05, 0.1) is 24.2 Å². The molecule has 0 saturated carbocycles. The molecular weight excluding hydrogens is 212 g/mol. The maximum atomic E-state index is 10.6. The van der Waals surface area contributed by atoms with Crippen LogP contribution in [0.2, 0.25) is 0 Å². The molecule has 0 fully saturated rings. The first kappa shape index (κ1) is 11.8. The summed E-state index contributed by atoms with van der Waals surface area (Å²) >= 11 is 0. The zero-order valence-electron chi connectivity index (χ0n) is 8.43. The largest absolute Gasteiger partial charge is 0.481 e. The Morgan fingerprint density at radius 1 is 1.06 bits per heavy atom. The molecule has 86 valence electrons. The number of carboxylic acid groups (broad SMARTS) is 2. The van der Waals surface area contributed by atoms with Crippen LogP contribution in [0.25, 0.3) is 0 Å². The van der Waals surface area contributed by atoms with E-state index in [4.69, 9.17) is 21.7 Å². The molecular formula is C10H12N2O4. The summed E-state index contributed by atoms with van der Waals surface area (Å²) in [7, 11) is 0. The van der Waals surface area contributed by atoms with E-state index in [1.54, 1.807) is 0 Å².